The molecule has 0 radical (unpaired) electrons. The van der Waals surface area contributed by atoms with Gasteiger partial charge in [-0.2, -0.15) is 4.98 Å². The van der Waals surface area contributed by atoms with Crippen LogP contribution in [0.4, 0.5) is 17.5 Å². The normalized spacial score (nSPS) is 12.4. The van der Waals surface area contributed by atoms with Crippen molar-refractivity contribution < 1.29 is 9.53 Å². The summed E-state index contributed by atoms with van der Waals surface area (Å²) in [6.07, 6.45) is 3.76. The maximum Gasteiger partial charge on any atom is 0.334 e. The van der Waals surface area contributed by atoms with E-state index >= 15 is 0 Å². The van der Waals surface area contributed by atoms with Crippen molar-refractivity contribution in [1.82, 2.24) is 24.1 Å². The fourth-order valence-corrected chi connectivity index (χ4v) is 4.70. The minimum atomic E-state index is -0.732. The predicted molar refractivity (Wildman–Crippen MR) is 168 cm³/mol. The second kappa shape index (κ2) is 12.6. The van der Waals surface area contributed by atoms with E-state index in [4.69, 9.17) is 9.72 Å². The molecule has 1 aromatic carbocycles. The Hall–Kier alpha value is -4.41. The first-order valence-electron chi connectivity index (χ1n) is 14.4. The molecule has 0 bridgehead atoms. The second-order valence-corrected chi connectivity index (χ2v) is 11.5. The van der Waals surface area contributed by atoms with Gasteiger partial charge >= 0.3 is 11.7 Å². The Morgan fingerprint density at radius 3 is 2.36 bits per heavy atom. The van der Waals surface area contributed by atoms with Crippen molar-refractivity contribution in [2.45, 2.75) is 72.6 Å². The van der Waals surface area contributed by atoms with Crippen LogP contribution in [0.5, 0.6) is 0 Å². The van der Waals surface area contributed by atoms with Gasteiger partial charge in [-0.05, 0) is 78.3 Å². The molecule has 42 heavy (non-hydrogen) atoms. The molecule has 0 spiro atoms. The van der Waals surface area contributed by atoms with E-state index in [1.165, 1.54) is 0 Å². The van der Waals surface area contributed by atoms with Crippen LogP contribution in [-0.2, 0) is 23.0 Å². The summed E-state index contributed by atoms with van der Waals surface area (Å²) in [7, 11) is 1.73. The monoisotopic (exact) mass is 574 g/mol. The molecule has 0 fully saturated rings. The van der Waals surface area contributed by atoms with Crippen LogP contribution in [0.3, 0.4) is 0 Å². The lowest BCUT2D eigenvalue weighted by atomic mass is 10.0. The molecule has 0 aliphatic rings. The molecule has 0 unspecified atom stereocenters. The first-order valence-corrected chi connectivity index (χ1v) is 14.4. The molecular formula is C31H42N8O3. The summed E-state index contributed by atoms with van der Waals surface area (Å²) in [5, 5.41) is 6.75. The van der Waals surface area contributed by atoms with Gasteiger partial charge in [-0.25, -0.2) is 24.1 Å². The van der Waals surface area contributed by atoms with Crippen LogP contribution in [0.15, 0.2) is 53.6 Å². The van der Waals surface area contributed by atoms with Gasteiger partial charge in [-0.3, -0.25) is 4.57 Å². The number of nitrogens with zero attached hydrogens (tertiary/aromatic N) is 6. The minimum Gasteiger partial charge on any atom is -0.458 e. The highest BCUT2D eigenvalue weighted by Crippen LogP contribution is 2.25. The van der Waals surface area contributed by atoms with Gasteiger partial charge in [-0.1, -0.05) is 12.1 Å². The van der Waals surface area contributed by atoms with E-state index in [-0.39, 0.29) is 17.7 Å². The summed E-state index contributed by atoms with van der Waals surface area (Å²) < 4.78 is 8.98. The third-order valence-electron chi connectivity index (χ3n) is 6.72. The molecule has 11 heteroatoms. The third kappa shape index (κ3) is 6.89. The van der Waals surface area contributed by atoms with Crippen molar-refractivity contribution in [3.05, 3.63) is 64.8 Å². The van der Waals surface area contributed by atoms with E-state index in [0.29, 0.717) is 35.2 Å². The number of imidazole rings is 1. The zero-order valence-electron chi connectivity index (χ0n) is 25.8. The van der Waals surface area contributed by atoms with Gasteiger partial charge in [0, 0.05) is 38.8 Å². The third-order valence-corrected chi connectivity index (χ3v) is 6.72. The summed E-state index contributed by atoms with van der Waals surface area (Å²) in [4.78, 5) is 42.3. The van der Waals surface area contributed by atoms with Crippen molar-refractivity contribution >= 4 is 34.6 Å². The molecule has 0 aliphatic carbocycles. The lowest BCUT2D eigenvalue weighted by molar-refractivity contribution is -0.155. The molecule has 3 aromatic heterocycles. The summed E-state index contributed by atoms with van der Waals surface area (Å²) in [6.45, 7) is 15.2. The number of nitrogens with one attached hydrogen (secondary N) is 2. The number of fused-ring (bicyclic) bond motifs is 1. The van der Waals surface area contributed by atoms with Gasteiger partial charge in [0.25, 0.3) is 0 Å². The van der Waals surface area contributed by atoms with Crippen LogP contribution in [0, 0.1) is 0 Å². The van der Waals surface area contributed by atoms with Gasteiger partial charge < -0.3 is 20.3 Å². The Morgan fingerprint density at radius 1 is 1.05 bits per heavy atom. The number of anilines is 3. The van der Waals surface area contributed by atoms with Gasteiger partial charge in [0.1, 0.15) is 11.6 Å². The quantitative estimate of drug-likeness (QED) is 0.249. The lowest BCUT2D eigenvalue weighted by Crippen LogP contribution is -2.38. The second-order valence-electron chi connectivity index (χ2n) is 11.5. The minimum absolute atomic E-state index is 0.132. The highest BCUT2D eigenvalue weighted by molar-refractivity contribution is 5.82. The summed E-state index contributed by atoms with van der Waals surface area (Å²) in [6, 6.07) is 10.6. The summed E-state index contributed by atoms with van der Waals surface area (Å²) in [5.74, 6) is 0.722. The Labute approximate surface area is 247 Å². The number of carbonyl (C=O) groups excluding carboxylic acids is 1. The maximum atomic E-state index is 13.5. The lowest BCUT2D eigenvalue weighted by Gasteiger charge is -2.27. The number of carbonyl (C=O) groups is 1. The number of aromatic nitrogens is 5. The van der Waals surface area contributed by atoms with Crippen LogP contribution in [0.1, 0.15) is 54.0 Å². The molecule has 4 rings (SSSR count). The zero-order valence-corrected chi connectivity index (χ0v) is 25.8. The standard InChI is InChI=1S/C31H42N8O3/c1-9-38(10-2)29-33-19-24(34-20(3)4)26(36-29)35-23(28(40)42-31(5,6)7)18-21-13-15-22(16-14-21)39-27-25(12-11-17-32-27)37(8)30(39)41/h11-17,19-20,23,34H,9-10,18H2,1-8H3,(H,33,35,36)/t23-/m0/s1. The van der Waals surface area contributed by atoms with E-state index in [0.717, 1.165) is 24.2 Å². The van der Waals surface area contributed by atoms with Crippen LogP contribution in [0.2, 0.25) is 0 Å². The van der Waals surface area contributed by atoms with Crippen molar-refractivity contribution in [2.75, 3.05) is 28.6 Å². The first-order chi connectivity index (χ1) is 19.9. The number of hydrogen-bond acceptors (Lipinski definition) is 9. The molecular weight excluding hydrogens is 532 g/mol. The topological polar surface area (TPSA) is 119 Å². The zero-order chi connectivity index (χ0) is 30.6. The maximum absolute atomic E-state index is 13.5. The van der Waals surface area contributed by atoms with Crippen LogP contribution in [-0.4, -0.2) is 60.8 Å². The predicted octanol–water partition coefficient (Wildman–Crippen LogP) is 4.55. The Bertz CT molecular complexity index is 1580. The van der Waals surface area contributed by atoms with Crippen LogP contribution >= 0.6 is 0 Å². The van der Waals surface area contributed by atoms with E-state index in [9.17, 15) is 9.59 Å². The molecule has 0 amide bonds. The van der Waals surface area contributed by atoms with Crippen LogP contribution in [0.25, 0.3) is 16.9 Å². The average Bonchev–Trinajstić information content (AvgIpc) is 3.19. The van der Waals surface area contributed by atoms with E-state index < -0.39 is 11.6 Å². The largest absolute Gasteiger partial charge is 0.458 e. The molecule has 11 nitrogen and oxygen atoms in total. The van der Waals surface area contributed by atoms with Crippen LogP contribution < -0.4 is 21.2 Å². The van der Waals surface area contributed by atoms with E-state index in [2.05, 4.69) is 39.3 Å². The number of pyridine rings is 1. The molecule has 2 N–H and O–H groups in total. The Balaban J connectivity index is 1.68. The number of ether oxygens (including phenoxy) is 1. The molecule has 4 aromatic rings. The number of hydrogen-bond donors (Lipinski definition) is 2. The average molecular weight is 575 g/mol. The fraction of sp³-hybridized carbons (Fsp3) is 0.452. The SMILES string of the molecule is CCN(CC)c1ncc(NC(C)C)c(N[C@@H](Cc2ccc(-n3c(=O)n(C)c4cccnc43)cc2)C(=O)OC(C)(C)C)n1. The van der Waals surface area contributed by atoms with Gasteiger partial charge in [0.2, 0.25) is 5.95 Å². The number of esters is 1. The van der Waals surface area contributed by atoms with Gasteiger partial charge in [0.05, 0.1) is 23.1 Å². The highest BCUT2D eigenvalue weighted by atomic mass is 16.6. The number of rotatable bonds is 11. The Kier molecular flexibility index (Phi) is 9.18. The summed E-state index contributed by atoms with van der Waals surface area (Å²) in [5.41, 5.74) is 2.78. The van der Waals surface area contributed by atoms with E-state index in [1.54, 1.807) is 28.6 Å². The number of benzene rings is 1. The molecule has 0 aliphatic heterocycles. The van der Waals surface area contributed by atoms with Crippen molar-refractivity contribution in [3.8, 4) is 5.69 Å². The number of aryl methyl sites for hydroxylation is 1. The van der Waals surface area contributed by atoms with Gasteiger partial charge in [0.15, 0.2) is 11.5 Å². The molecule has 1 atom stereocenters. The Morgan fingerprint density at radius 2 is 1.74 bits per heavy atom. The molecule has 224 valence electrons. The van der Waals surface area contributed by atoms with Crippen molar-refractivity contribution in [2.24, 2.45) is 7.05 Å². The van der Waals surface area contributed by atoms with Crippen molar-refractivity contribution in [1.29, 1.82) is 0 Å². The summed E-state index contributed by atoms with van der Waals surface area (Å²) >= 11 is 0. The molecule has 0 saturated heterocycles. The molecule has 0 saturated carbocycles. The van der Waals surface area contributed by atoms with Gasteiger partial charge in [-0.15, -0.1) is 0 Å². The first kappa shape index (κ1) is 30.5. The van der Waals surface area contributed by atoms with E-state index in [1.807, 2.05) is 71.0 Å². The highest BCUT2D eigenvalue weighted by Gasteiger charge is 2.27. The smallest absolute Gasteiger partial charge is 0.334 e. The fourth-order valence-electron chi connectivity index (χ4n) is 4.70. The van der Waals surface area contributed by atoms with Crippen molar-refractivity contribution in [3.63, 3.8) is 0 Å². The molecule has 3 heterocycles.